The summed E-state index contributed by atoms with van der Waals surface area (Å²) < 4.78 is 1.43. The molecule has 0 bridgehead atoms. The van der Waals surface area contributed by atoms with Gasteiger partial charge in [0.2, 0.25) is 0 Å². The summed E-state index contributed by atoms with van der Waals surface area (Å²) in [6.07, 6.45) is 3.26. The number of hydrogen-bond donors (Lipinski definition) is 3. The van der Waals surface area contributed by atoms with Crippen LogP contribution in [0.5, 0.6) is 0 Å². The van der Waals surface area contributed by atoms with Crippen molar-refractivity contribution in [3.8, 4) is 0 Å². The van der Waals surface area contributed by atoms with Crippen LogP contribution in [0.1, 0.15) is 16.1 Å². The molecule has 0 unspecified atom stereocenters. The third-order valence-corrected chi connectivity index (χ3v) is 4.12. The highest BCUT2D eigenvalue weighted by Crippen LogP contribution is 2.22. The molecule has 4 rings (SSSR count). The van der Waals surface area contributed by atoms with E-state index in [4.69, 9.17) is 0 Å². The van der Waals surface area contributed by atoms with Crippen molar-refractivity contribution < 1.29 is 4.79 Å². The molecule has 0 saturated carbocycles. The van der Waals surface area contributed by atoms with Crippen LogP contribution in [0.15, 0.2) is 71.8 Å². The number of imidazole rings is 1. The Morgan fingerprint density at radius 2 is 1.84 bits per heavy atom. The van der Waals surface area contributed by atoms with Gasteiger partial charge in [-0.25, -0.2) is 4.79 Å². The Labute approximate surface area is 143 Å². The van der Waals surface area contributed by atoms with Crippen molar-refractivity contribution in [2.75, 3.05) is 5.32 Å². The van der Waals surface area contributed by atoms with Gasteiger partial charge in [0.05, 0.1) is 17.7 Å². The maximum atomic E-state index is 12.7. The Morgan fingerprint density at radius 1 is 1.00 bits per heavy atom. The van der Waals surface area contributed by atoms with Gasteiger partial charge in [0.25, 0.3) is 5.91 Å². The monoisotopic (exact) mass is 332 g/mol. The van der Waals surface area contributed by atoms with Gasteiger partial charge in [-0.1, -0.05) is 42.5 Å². The number of anilines is 1. The minimum atomic E-state index is -0.337. The highest BCUT2D eigenvalue weighted by atomic mass is 16.2. The van der Waals surface area contributed by atoms with Crippen molar-refractivity contribution in [2.24, 2.45) is 0 Å². The number of carbonyl (C=O) groups excluding carboxylic acids is 1. The van der Waals surface area contributed by atoms with Crippen molar-refractivity contribution in [2.45, 2.75) is 6.54 Å². The van der Waals surface area contributed by atoms with Crippen LogP contribution in [0.25, 0.3) is 10.9 Å². The number of benzene rings is 2. The van der Waals surface area contributed by atoms with E-state index in [-0.39, 0.29) is 17.3 Å². The molecule has 0 spiro atoms. The molecule has 0 aliphatic carbocycles. The molecule has 6 heteroatoms. The van der Waals surface area contributed by atoms with Crippen LogP contribution in [-0.4, -0.2) is 20.4 Å². The summed E-state index contributed by atoms with van der Waals surface area (Å²) in [6, 6.07) is 17.1. The molecule has 0 saturated heterocycles. The number of carbonyl (C=O) groups is 1. The molecule has 0 aliphatic rings. The van der Waals surface area contributed by atoms with E-state index in [1.54, 1.807) is 0 Å². The fourth-order valence-electron chi connectivity index (χ4n) is 2.88. The minimum Gasteiger partial charge on any atom is -0.359 e. The Balaban J connectivity index is 1.65. The molecule has 1 amide bonds. The zero-order valence-electron chi connectivity index (χ0n) is 13.3. The Kier molecular flexibility index (Phi) is 3.70. The molecular formula is C19H16N4O2. The predicted octanol–water partition coefficient (Wildman–Crippen LogP) is 2.96. The second-order valence-electron chi connectivity index (χ2n) is 5.75. The number of H-pyrrole nitrogens is 2. The topological polar surface area (TPSA) is 82.7 Å². The Bertz CT molecular complexity index is 1090. The van der Waals surface area contributed by atoms with E-state index in [0.717, 1.165) is 16.5 Å². The molecule has 0 radical (unpaired) electrons. The summed E-state index contributed by atoms with van der Waals surface area (Å²) in [4.78, 5) is 30.5. The molecule has 124 valence electrons. The molecule has 2 aromatic heterocycles. The van der Waals surface area contributed by atoms with E-state index in [1.165, 1.54) is 10.8 Å². The first kappa shape index (κ1) is 15.0. The summed E-state index contributed by atoms with van der Waals surface area (Å²) in [6.45, 7) is 0.332. The second-order valence-corrected chi connectivity index (χ2v) is 5.75. The van der Waals surface area contributed by atoms with E-state index in [1.807, 2.05) is 60.8 Å². The van der Waals surface area contributed by atoms with Gasteiger partial charge in [-0.2, -0.15) is 0 Å². The highest BCUT2D eigenvalue weighted by molar-refractivity contribution is 6.07. The summed E-state index contributed by atoms with van der Waals surface area (Å²) >= 11 is 0. The van der Waals surface area contributed by atoms with Crippen LogP contribution in [-0.2, 0) is 6.54 Å². The van der Waals surface area contributed by atoms with Crippen LogP contribution in [0.3, 0.4) is 0 Å². The van der Waals surface area contributed by atoms with Crippen molar-refractivity contribution in [1.82, 2.24) is 14.5 Å². The predicted molar refractivity (Wildman–Crippen MR) is 96.8 cm³/mol. The van der Waals surface area contributed by atoms with Gasteiger partial charge in [-0.3, -0.25) is 9.36 Å². The summed E-state index contributed by atoms with van der Waals surface area (Å²) in [5.41, 5.74) is 2.45. The third kappa shape index (κ3) is 2.85. The average molecular weight is 332 g/mol. The highest BCUT2D eigenvalue weighted by Gasteiger charge is 2.16. The Morgan fingerprint density at radius 3 is 2.68 bits per heavy atom. The first-order valence-corrected chi connectivity index (χ1v) is 7.92. The average Bonchev–Trinajstić information content (AvgIpc) is 3.24. The molecule has 3 N–H and O–H groups in total. The van der Waals surface area contributed by atoms with Crippen molar-refractivity contribution in [1.29, 1.82) is 0 Å². The van der Waals surface area contributed by atoms with Crippen LogP contribution in [0, 0.1) is 0 Å². The van der Waals surface area contributed by atoms with Crippen LogP contribution < -0.4 is 11.0 Å². The van der Waals surface area contributed by atoms with Gasteiger partial charge >= 0.3 is 5.69 Å². The van der Waals surface area contributed by atoms with Crippen molar-refractivity contribution in [3.05, 3.63) is 88.7 Å². The zero-order chi connectivity index (χ0) is 17.2. The number of fused-ring (bicyclic) bond motifs is 1. The lowest BCUT2D eigenvalue weighted by Crippen LogP contribution is -2.24. The number of aromatic nitrogens is 3. The van der Waals surface area contributed by atoms with E-state index >= 15 is 0 Å². The molecule has 0 fully saturated rings. The fraction of sp³-hybridized carbons (Fsp3) is 0.0526. The molecule has 25 heavy (non-hydrogen) atoms. The lowest BCUT2D eigenvalue weighted by Gasteiger charge is -2.09. The maximum absolute atomic E-state index is 12.7. The lowest BCUT2D eigenvalue weighted by atomic mass is 10.2. The number of aromatic amines is 2. The normalized spacial score (nSPS) is 10.9. The lowest BCUT2D eigenvalue weighted by molar-refractivity contribution is 0.101. The fourth-order valence-corrected chi connectivity index (χ4v) is 2.88. The summed E-state index contributed by atoms with van der Waals surface area (Å²) in [5, 5.41) is 3.88. The van der Waals surface area contributed by atoms with Gasteiger partial charge in [-0.05, 0) is 17.7 Å². The first-order valence-electron chi connectivity index (χ1n) is 7.92. The van der Waals surface area contributed by atoms with Gasteiger partial charge in [0, 0.05) is 17.8 Å². The second kappa shape index (κ2) is 6.16. The number of para-hydroxylation sites is 1. The molecule has 0 atom stereocenters. The third-order valence-electron chi connectivity index (χ3n) is 4.12. The number of rotatable bonds is 4. The largest absolute Gasteiger partial charge is 0.359 e. The van der Waals surface area contributed by atoms with Gasteiger partial charge in [0.1, 0.15) is 5.69 Å². The van der Waals surface area contributed by atoms with Gasteiger partial charge < -0.3 is 15.3 Å². The quantitative estimate of drug-likeness (QED) is 0.537. The minimum absolute atomic E-state index is 0.289. The van der Waals surface area contributed by atoms with Crippen LogP contribution >= 0.6 is 0 Å². The zero-order valence-corrected chi connectivity index (χ0v) is 13.3. The van der Waals surface area contributed by atoms with Crippen LogP contribution in [0.4, 0.5) is 5.69 Å². The van der Waals surface area contributed by atoms with Gasteiger partial charge in [0.15, 0.2) is 0 Å². The molecule has 2 heterocycles. The standard InChI is InChI=1S/C19H16N4O2/c24-18(22-15-8-4-7-14-9-10-20-17(14)15)16-11-21-19(25)23(16)12-13-5-2-1-3-6-13/h1-11,20H,12H2,(H,21,25)(H,22,24). The number of nitrogens with zero attached hydrogens (tertiary/aromatic N) is 1. The van der Waals surface area contributed by atoms with Crippen molar-refractivity contribution in [3.63, 3.8) is 0 Å². The first-order chi connectivity index (χ1) is 12.2. The SMILES string of the molecule is O=C(Nc1cccc2cc[nH]c12)c1c[nH]c(=O)n1Cc1ccccc1. The number of amides is 1. The van der Waals surface area contributed by atoms with E-state index in [9.17, 15) is 9.59 Å². The summed E-state index contributed by atoms with van der Waals surface area (Å²) in [5.74, 6) is -0.337. The molecule has 4 aromatic rings. The van der Waals surface area contributed by atoms with E-state index in [0.29, 0.717) is 12.2 Å². The van der Waals surface area contributed by atoms with E-state index in [2.05, 4.69) is 15.3 Å². The summed E-state index contributed by atoms with van der Waals surface area (Å²) in [7, 11) is 0. The molecular weight excluding hydrogens is 316 g/mol. The molecule has 2 aromatic carbocycles. The number of hydrogen-bond acceptors (Lipinski definition) is 2. The number of nitrogens with one attached hydrogen (secondary N) is 3. The van der Waals surface area contributed by atoms with Crippen molar-refractivity contribution >= 4 is 22.5 Å². The smallest absolute Gasteiger partial charge is 0.326 e. The molecule has 6 nitrogen and oxygen atoms in total. The molecule has 0 aliphatic heterocycles. The van der Waals surface area contributed by atoms with Gasteiger partial charge in [-0.15, -0.1) is 0 Å². The van der Waals surface area contributed by atoms with Crippen LogP contribution in [0.2, 0.25) is 0 Å². The Hall–Kier alpha value is -3.54. The van der Waals surface area contributed by atoms with E-state index < -0.39 is 0 Å². The maximum Gasteiger partial charge on any atom is 0.326 e.